The number of aryl methyl sites for hydroxylation is 1. The van der Waals surface area contributed by atoms with Crippen LogP contribution in [0.1, 0.15) is 24.8 Å². The number of hydrogen-bond acceptors (Lipinski definition) is 4. The molecule has 0 spiro atoms. The van der Waals surface area contributed by atoms with Crippen molar-refractivity contribution in [1.29, 1.82) is 0 Å². The van der Waals surface area contributed by atoms with E-state index in [1.807, 2.05) is 12.2 Å². The van der Waals surface area contributed by atoms with Gasteiger partial charge >= 0.3 is 0 Å². The van der Waals surface area contributed by atoms with Crippen LogP contribution in [0.15, 0.2) is 42.5 Å². The van der Waals surface area contributed by atoms with Crippen molar-refractivity contribution < 1.29 is 19.7 Å². The summed E-state index contributed by atoms with van der Waals surface area (Å²) in [6.45, 7) is 0.118. The zero-order valence-electron chi connectivity index (χ0n) is 13.4. The summed E-state index contributed by atoms with van der Waals surface area (Å²) in [5, 5.41) is 18.9. The quantitative estimate of drug-likeness (QED) is 0.599. The summed E-state index contributed by atoms with van der Waals surface area (Å²) < 4.78 is 5.06. The van der Waals surface area contributed by atoms with Gasteiger partial charge in [0.1, 0.15) is 0 Å². The first-order chi connectivity index (χ1) is 11.1. The van der Waals surface area contributed by atoms with Crippen molar-refractivity contribution in [1.82, 2.24) is 0 Å². The van der Waals surface area contributed by atoms with E-state index in [9.17, 15) is 15.0 Å². The predicted molar refractivity (Wildman–Crippen MR) is 89.6 cm³/mol. The molecule has 2 N–H and O–H groups in total. The van der Waals surface area contributed by atoms with Gasteiger partial charge in [0, 0.05) is 18.9 Å². The number of ether oxygens (including phenoxy) is 1. The monoisotopic (exact) mass is 316 g/mol. The molecule has 23 heavy (non-hydrogen) atoms. The summed E-state index contributed by atoms with van der Waals surface area (Å²) in [6.07, 6.45) is 10.7. The van der Waals surface area contributed by atoms with Crippen LogP contribution in [0.5, 0.6) is 11.5 Å². The highest BCUT2D eigenvalue weighted by molar-refractivity contribution is 5.89. The molecule has 1 aliphatic rings. The molecule has 1 aromatic rings. The molecule has 0 amide bonds. The van der Waals surface area contributed by atoms with Crippen molar-refractivity contribution in [3.8, 4) is 11.5 Å². The lowest BCUT2D eigenvalue weighted by atomic mass is 9.84. The molecule has 4 heteroatoms. The largest absolute Gasteiger partial charge is 0.504 e. The molecule has 2 atom stereocenters. The molecule has 0 radical (unpaired) electrons. The Bertz CT molecular complexity index is 589. The molecule has 0 saturated carbocycles. The van der Waals surface area contributed by atoms with Crippen LogP contribution in [0.3, 0.4) is 0 Å². The van der Waals surface area contributed by atoms with Crippen LogP contribution in [0, 0.1) is 11.8 Å². The number of aliphatic hydroxyl groups excluding tert-OH is 1. The standard InChI is InChI=1S/C19H24O4/c1-23-19-12-14(7-11-18(19)22)6-9-17(21)10-8-15-4-2-3-5-16(15)13-20/h3,5,7-8,10-12,15-16,20,22H,2,4,6,9,13H2,1H3/t15-,16+/m0/s1. The maximum absolute atomic E-state index is 12.0. The second kappa shape index (κ2) is 8.53. The van der Waals surface area contributed by atoms with Gasteiger partial charge in [0.2, 0.25) is 0 Å². The topological polar surface area (TPSA) is 66.8 Å². The number of aliphatic hydroxyl groups is 1. The average molecular weight is 316 g/mol. The first-order valence-corrected chi connectivity index (χ1v) is 7.98. The molecule has 0 fully saturated rings. The molecule has 1 aromatic carbocycles. The summed E-state index contributed by atoms with van der Waals surface area (Å²) in [6, 6.07) is 5.12. The van der Waals surface area contributed by atoms with Crippen molar-refractivity contribution in [2.75, 3.05) is 13.7 Å². The van der Waals surface area contributed by atoms with E-state index < -0.39 is 0 Å². The lowest BCUT2D eigenvalue weighted by Crippen LogP contribution is -2.17. The Morgan fingerprint density at radius 1 is 1.43 bits per heavy atom. The number of hydrogen-bond donors (Lipinski definition) is 2. The lowest BCUT2D eigenvalue weighted by Gasteiger charge is -2.22. The second-order valence-corrected chi connectivity index (χ2v) is 5.85. The van der Waals surface area contributed by atoms with Gasteiger partial charge in [-0.3, -0.25) is 4.79 Å². The van der Waals surface area contributed by atoms with E-state index in [1.54, 1.807) is 24.3 Å². The number of aromatic hydroxyl groups is 1. The summed E-state index contributed by atoms with van der Waals surface area (Å²) in [7, 11) is 1.50. The third-order valence-corrected chi connectivity index (χ3v) is 4.24. The number of carbonyl (C=O) groups is 1. The van der Waals surface area contributed by atoms with Gasteiger partial charge in [0.15, 0.2) is 17.3 Å². The van der Waals surface area contributed by atoms with Crippen LogP contribution < -0.4 is 4.74 Å². The fourth-order valence-corrected chi connectivity index (χ4v) is 2.81. The van der Waals surface area contributed by atoms with E-state index in [0.29, 0.717) is 18.6 Å². The van der Waals surface area contributed by atoms with E-state index in [4.69, 9.17) is 4.74 Å². The number of methoxy groups -OCH3 is 1. The number of ketones is 1. The van der Waals surface area contributed by atoms with Crippen molar-refractivity contribution in [2.24, 2.45) is 11.8 Å². The Labute approximate surface area is 137 Å². The number of benzene rings is 1. The highest BCUT2D eigenvalue weighted by Crippen LogP contribution is 2.27. The SMILES string of the molecule is COc1cc(CCC(=O)C=C[C@@H]2CCC=C[C@@H]2CO)ccc1O. The number of carbonyl (C=O) groups excluding carboxylic acids is 1. The smallest absolute Gasteiger partial charge is 0.160 e. The summed E-state index contributed by atoms with van der Waals surface area (Å²) >= 11 is 0. The molecule has 4 nitrogen and oxygen atoms in total. The lowest BCUT2D eigenvalue weighted by molar-refractivity contribution is -0.114. The zero-order chi connectivity index (χ0) is 16.7. The van der Waals surface area contributed by atoms with E-state index in [2.05, 4.69) is 6.08 Å². The molecule has 0 aliphatic heterocycles. The zero-order valence-corrected chi connectivity index (χ0v) is 13.4. The van der Waals surface area contributed by atoms with E-state index in [1.165, 1.54) is 7.11 Å². The molecular formula is C19H24O4. The Kier molecular flexibility index (Phi) is 6.41. The van der Waals surface area contributed by atoms with Crippen LogP contribution >= 0.6 is 0 Å². The third kappa shape index (κ3) is 4.96. The van der Waals surface area contributed by atoms with Gasteiger partial charge in [-0.05, 0) is 49.0 Å². The van der Waals surface area contributed by atoms with Crippen LogP contribution in [-0.4, -0.2) is 29.7 Å². The minimum Gasteiger partial charge on any atom is -0.504 e. The summed E-state index contributed by atoms with van der Waals surface area (Å²) in [5.41, 5.74) is 0.954. The Morgan fingerprint density at radius 3 is 3.00 bits per heavy atom. The fourth-order valence-electron chi connectivity index (χ4n) is 2.81. The number of phenolic OH excluding ortho intramolecular Hbond substituents is 1. The average Bonchev–Trinajstić information content (AvgIpc) is 2.59. The van der Waals surface area contributed by atoms with Crippen molar-refractivity contribution in [2.45, 2.75) is 25.7 Å². The molecule has 0 aromatic heterocycles. The third-order valence-electron chi connectivity index (χ3n) is 4.24. The van der Waals surface area contributed by atoms with Crippen LogP contribution in [0.25, 0.3) is 0 Å². The molecule has 124 valence electrons. The van der Waals surface area contributed by atoms with Crippen molar-refractivity contribution in [3.05, 3.63) is 48.1 Å². The van der Waals surface area contributed by atoms with Gasteiger partial charge in [-0.25, -0.2) is 0 Å². The number of allylic oxidation sites excluding steroid dienone is 3. The normalized spacial score (nSPS) is 20.8. The molecule has 0 unspecified atom stereocenters. The molecule has 1 aliphatic carbocycles. The molecule has 2 rings (SSSR count). The molecule has 0 heterocycles. The predicted octanol–water partition coefficient (Wildman–Crippen LogP) is 3.03. The van der Waals surface area contributed by atoms with Gasteiger partial charge in [-0.2, -0.15) is 0 Å². The maximum atomic E-state index is 12.0. The Balaban J connectivity index is 1.87. The van der Waals surface area contributed by atoms with Gasteiger partial charge in [0.25, 0.3) is 0 Å². The highest BCUT2D eigenvalue weighted by atomic mass is 16.5. The first kappa shape index (κ1) is 17.3. The minimum atomic E-state index is 0.0725. The fraction of sp³-hybridized carbons (Fsp3) is 0.421. The van der Waals surface area contributed by atoms with Gasteiger partial charge in [-0.15, -0.1) is 0 Å². The summed E-state index contributed by atoms with van der Waals surface area (Å²) in [4.78, 5) is 12.0. The number of rotatable bonds is 7. The molecular weight excluding hydrogens is 292 g/mol. The van der Waals surface area contributed by atoms with Gasteiger partial charge in [-0.1, -0.05) is 24.3 Å². The van der Waals surface area contributed by atoms with E-state index in [0.717, 1.165) is 18.4 Å². The van der Waals surface area contributed by atoms with E-state index >= 15 is 0 Å². The van der Waals surface area contributed by atoms with Gasteiger partial charge in [0.05, 0.1) is 7.11 Å². The first-order valence-electron chi connectivity index (χ1n) is 7.98. The van der Waals surface area contributed by atoms with Crippen LogP contribution in [0.4, 0.5) is 0 Å². The van der Waals surface area contributed by atoms with Crippen molar-refractivity contribution >= 4 is 5.78 Å². The Morgan fingerprint density at radius 2 is 2.26 bits per heavy atom. The maximum Gasteiger partial charge on any atom is 0.160 e. The Hall–Kier alpha value is -2.07. The van der Waals surface area contributed by atoms with Gasteiger partial charge < -0.3 is 14.9 Å². The molecule has 0 saturated heterocycles. The van der Waals surface area contributed by atoms with Crippen molar-refractivity contribution in [3.63, 3.8) is 0 Å². The number of phenols is 1. The van der Waals surface area contributed by atoms with Crippen LogP contribution in [-0.2, 0) is 11.2 Å². The van der Waals surface area contributed by atoms with E-state index in [-0.39, 0.29) is 30.0 Å². The second-order valence-electron chi connectivity index (χ2n) is 5.85. The molecule has 0 bridgehead atoms. The highest BCUT2D eigenvalue weighted by Gasteiger charge is 2.18. The minimum absolute atomic E-state index is 0.0725. The summed E-state index contributed by atoms with van der Waals surface area (Å²) in [5.74, 6) is 0.952. The van der Waals surface area contributed by atoms with Crippen LogP contribution in [0.2, 0.25) is 0 Å².